The van der Waals surface area contributed by atoms with Gasteiger partial charge < -0.3 is 15.5 Å². The topological polar surface area (TPSA) is 61.4 Å². The maximum Gasteiger partial charge on any atom is 0.262 e. The lowest BCUT2D eigenvalue weighted by molar-refractivity contribution is -0.112. The van der Waals surface area contributed by atoms with E-state index < -0.39 is 0 Å². The predicted octanol–water partition coefficient (Wildman–Crippen LogP) is 4.76. The van der Waals surface area contributed by atoms with Crippen LogP contribution in [0, 0.1) is 5.82 Å². The molecular formula is C24H28FN3O2S. The first kappa shape index (κ1) is 23.0. The summed E-state index contributed by atoms with van der Waals surface area (Å²) in [5, 5.41) is 5.77. The average Bonchev–Trinajstić information content (AvgIpc) is 2.75. The molecule has 0 atom stereocenters. The molecule has 5 nitrogen and oxygen atoms in total. The molecule has 2 N–H and O–H groups in total. The number of halogens is 1. The highest BCUT2D eigenvalue weighted by atomic mass is 32.2. The predicted molar refractivity (Wildman–Crippen MR) is 125 cm³/mol. The van der Waals surface area contributed by atoms with Crippen molar-refractivity contribution in [2.75, 3.05) is 31.5 Å². The summed E-state index contributed by atoms with van der Waals surface area (Å²) in [6.07, 6.45) is 3.71. The fraction of sp³-hybridized carbons (Fsp3) is 0.333. The Morgan fingerprint density at radius 1 is 1.13 bits per heavy atom. The summed E-state index contributed by atoms with van der Waals surface area (Å²) >= 11 is 1.27. The second-order valence-corrected chi connectivity index (χ2v) is 8.48. The molecule has 2 aromatic rings. The zero-order chi connectivity index (χ0) is 22.2. The Balaban J connectivity index is 1.65. The molecule has 0 spiro atoms. The van der Waals surface area contributed by atoms with E-state index in [-0.39, 0.29) is 17.6 Å². The Labute approximate surface area is 187 Å². The van der Waals surface area contributed by atoms with E-state index in [2.05, 4.69) is 29.4 Å². The van der Waals surface area contributed by atoms with Crippen molar-refractivity contribution < 1.29 is 14.0 Å². The second-order valence-electron chi connectivity index (χ2n) is 7.39. The molecule has 0 bridgehead atoms. The van der Waals surface area contributed by atoms with Crippen molar-refractivity contribution in [2.45, 2.75) is 31.6 Å². The molecule has 1 heterocycles. The number of hydrogen-bond acceptors (Lipinski definition) is 4. The third-order valence-electron chi connectivity index (χ3n) is 4.92. The zero-order valence-electron chi connectivity index (χ0n) is 17.9. The molecule has 0 saturated carbocycles. The zero-order valence-corrected chi connectivity index (χ0v) is 18.7. The minimum absolute atomic E-state index is 0.164. The number of benzene rings is 2. The number of thioether (sulfide) groups is 1. The van der Waals surface area contributed by atoms with Crippen LogP contribution in [0.15, 0.2) is 52.3 Å². The van der Waals surface area contributed by atoms with Gasteiger partial charge in [-0.1, -0.05) is 43.8 Å². The van der Waals surface area contributed by atoms with E-state index in [1.165, 1.54) is 23.9 Å². The molecule has 164 valence electrons. The van der Waals surface area contributed by atoms with E-state index in [1.54, 1.807) is 30.3 Å². The van der Waals surface area contributed by atoms with Gasteiger partial charge in [0, 0.05) is 29.1 Å². The summed E-state index contributed by atoms with van der Waals surface area (Å²) < 4.78 is 13.9. The quantitative estimate of drug-likeness (QED) is 0.551. The van der Waals surface area contributed by atoms with Gasteiger partial charge in [-0.15, -0.1) is 0 Å². The van der Waals surface area contributed by atoms with Gasteiger partial charge in [-0.25, -0.2) is 4.39 Å². The molecule has 0 aliphatic carbocycles. The van der Waals surface area contributed by atoms with E-state index in [1.807, 2.05) is 6.07 Å². The standard InChI is InChI=1S/C24H28FN3O2S/c1-3-12-28(13-4-2)14-11-26-23(29)18-9-10-21-20(15-18)27-24(30)22(31-21)16-17-7-5-6-8-19(17)25/h5-10,15-16H,3-4,11-14H2,1-2H3,(H,26,29)(H,27,30). The lowest BCUT2D eigenvalue weighted by Gasteiger charge is -2.21. The number of carbonyl (C=O) groups is 2. The fourth-order valence-electron chi connectivity index (χ4n) is 3.43. The summed E-state index contributed by atoms with van der Waals surface area (Å²) in [4.78, 5) is 28.6. The molecule has 31 heavy (non-hydrogen) atoms. The van der Waals surface area contributed by atoms with Crippen molar-refractivity contribution in [3.8, 4) is 0 Å². The van der Waals surface area contributed by atoms with E-state index in [0.717, 1.165) is 37.4 Å². The first-order chi connectivity index (χ1) is 15.0. The monoisotopic (exact) mass is 441 g/mol. The number of nitrogens with one attached hydrogen (secondary N) is 2. The van der Waals surface area contributed by atoms with Gasteiger partial charge >= 0.3 is 0 Å². The van der Waals surface area contributed by atoms with Crippen LogP contribution >= 0.6 is 11.8 Å². The highest BCUT2D eigenvalue weighted by molar-refractivity contribution is 8.04. The Morgan fingerprint density at radius 2 is 1.87 bits per heavy atom. The van der Waals surface area contributed by atoms with Crippen LogP contribution in [-0.2, 0) is 4.79 Å². The highest BCUT2D eigenvalue weighted by Gasteiger charge is 2.22. The molecule has 0 saturated heterocycles. The first-order valence-corrected chi connectivity index (χ1v) is 11.4. The van der Waals surface area contributed by atoms with Gasteiger partial charge in [-0.2, -0.15) is 0 Å². The summed E-state index contributed by atoms with van der Waals surface area (Å²) in [6.45, 7) is 7.74. The van der Waals surface area contributed by atoms with Crippen LogP contribution < -0.4 is 10.6 Å². The maximum atomic E-state index is 13.9. The Morgan fingerprint density at radius 3 is 2.58 bits per heavy atom. The molecule has 0 fully saturated rings. The minimum Gasteiger partial charge on any atom is -0.351 e. The second kappa shape index (κ2) is 11.1. The third-order valence-corrected chi connectivity index (χ3v) is 6.02. The molecule has 2 aromatic carbocycles. The molecule has 0 radical (unpaired) electrons. The maximum absolute atomic E-state index is 13.9. The fourth-order valence-corrected chi connectivity index (χ4v) is 4.36. The van der Waals surface area contributed by atoms with Crippen molar-refractivity contribution in [3.63, 3.8) is 0 Å². The third kappa shape index (κ3) is 6.18. The van der Waals surface area contributed by atoms with Crippen molar-refractivity contribution in [3.05, 3.63) is 64.3 Å². The number of fused-ring (bicyclic) bond motifs is 1. The summed E-state index contributed by atoms with van der Waals surface area (Å²) in [7, 11) is 0. The van der Waals surface area contributed by atoms with E-state index in [0.29, 0.717) is 28.3 Å². The molecule has 2 amide bonds. The van der Waals surface area contributed by atoms with Gasteiger partial charge in [0.1, 0.15) is 5.82 Å². The highest BCUT2D eigenvalue weighted by Crippen LogP contribution is 2.39. The van der Waals surface area contributed by atoms with Crippen LogP contribution in [-0.4, -0.2) is 42.9 Å². The van der Waals surface area contributed by atoms with E-state index >= 15 is 0 Å². The minimum atomic E-state index is -0.377. The number of carbonyl (C=O) groups excluding carboxylic acids is 2. The first-order valence-electron chi connectivity index (χ1n) is 10.6. The van der Waals surface area contributed by atoms with Crippen LogP contribution in [0.3, 0.4) is 0 Å². The van der Waals surface area contributed by atoms with E-state index in [9.17, 15) is 14.0 Å². The summed E-state index contributed by atoms with van der Waals surface area (Å²) in [6, 6.07) is 11.6. The number of rotatable bonds is 9. The number of anilines is 1. The van der Waals surface area contributed by atoms with Crippen LogP contribution in [0.25, 0.3) is 6.08 Å². The van der Waals surface area contributed by atoms with Crippen LogP contribution in [0.2, 0.25) is 0 Å². The molecule has 7 heteroatoms. The number of hydrogen-bond donors (Lipinski definition) is 2. The smallest absolute Gasteiger partial charge is 0.262 e. The SMILES string of the molecule is CCCN(CCC)CCNC(=O)c1ccc2c(c1)NC(=O)C(=Cc1ccccc1F)S2. The van der Waals surface area contributed by atoms with E-state index in [4.69, 9.17) is 0 Å². The number of nitrogens with zero attached hydrogens (tertiary/aromatic N) is 1. The van der Waals surface area contributed by atoms with Gasteiger partial charge in [0.2, 0.25) is 0 Å². The molecule has 1 aliphatic rings. The van der Waals surface area contributed by atoms with Crippen LogP contribution in [0.4, 0.5) is 10.1 Å². The van der Waals surface area contributed by atoms with Crippen molar-refractivity contribution in [1.29, 1.82) is 0 Å². The number of amides is 2. The van der Waals surface area contributed by atoms with Crippen molar-refractivity contribution in [1.82, 2.24) is 10.2 Å². The van der Waals surface area contributed by atoms with Gasteiger partial charge in [-0.05, 0) is 56.3 Å². The normalized spacial score (nSPS) is 14.5. The molecule has 0 unspecified atom stereocenters. The summed E-state index contributed by atoms with van der Waals surface area (Å²) in [5.74, 6) is -0.853. The van der Waals surface area contributed by atoms with Crippen molar-refractivity contribution in [2.24, 2.45) is 0 Å². The largest absolute Gasteiger partial charge is 0.351 e. The summed E-state index contributed by atoms with van der Waals surface area (Å²) in [5.41, 5.74) is 1.45. The lowest BCUT2D eigenvalue weighted by atomic mass is 10.1. The van der Waals surface area contributed by atoms with Crippen molar-refractivity contribution >= 4 is 35.3 Å². The van der Waals surface area contributed by atoms with Crippen LogP contribution in [0.5, 0.6) is 0 Å². The molecule has 0 aromatic heterocycles. The van der Waals surface area contributed by atoms with Gasteiger partial charge in [0.15, 0.2) is 0 Å². The van der Waals surface area contributed by atoms with Gasteiger partial charge in [-0.3, -0.25) is 9.59 Å². The van der Waals surface area contributed by atoms with Gasteiger partial charge in [0.25, 0.3) is 11.8 Å². The van der Waals surface area contributed by atoms with Gasteiger partial charge in [0.05, 0.1) is 10.6 Å². The Bertz CT molecular complexity index is 971. The average molecular weight is 442 g/mol. The van der Waals surface area contributed by atoms with Crippen LogP contribution in [0.1, 0.15) is 42.6 Å². The Hall–Kier alpha value is -2.64. The molecule has 3 rings (SSSR count). The Kier molecular flexibility index (Phi) is 8.26. The molecular weight excluding hydrogens is 413 g/mol. The lowest BCUT2D eigenvalue weighted by Crippen LogP contribution is -2.35. The molecule has 1 aliphatic heterocycles.